The van der Waals surface area contributed by atoms with Crippen LogP contribution in [0.4, 0.5) is 0 Å². The van der Waals surface area contributed by atoms with Gasteiger partial charge in [-0.3, -0.25) is 29.0 Å². The third kappa shape index (κ3) is 15.5. The van der Waals surface area contributed by atoms with Crippen LogP contribution in [0.2, 0.25) is 0 Å². The van der Waals surface area contributed by atoms with E-state index in [0.717, 1.165) is 9.80 Å². The summed E-state index contributed by atoms with van der Waals surface area (Å²) in [5, 5.41) is 34.5. The number of hydrogen-bond acceptors (Lipinski definition) is 6. The van der Waals surface area contributed by atoms with Gasteiger partial charge in [0.2, 0.25) is 0 Å². The molecule has 0 aliphatic carbocycles. The minimum Gasteiger partial charge on any atom is -1.00 e. The third-order valence-corrected chi connectivity index (χ3v) is 2.17. The van der Waals surface area contributed by atoms with Gasteiger partial charge in [-0.1, -0.05) is 0 Å². The van der Waals surface area contributed by atoms with E-state index in [1.54, 1.807) is 0 Å². The van der Waals surface area contributed by atoms with Crippen molar-refractivity contribution < 1.29 is 42.5 Å². The molecule has 0 saturated heterocycles. The minimum atomic E-state index is -1.23. The Kier molecular flexibility index (Phi) is 16.3. The zero-order chi connectivity index (χ0) is 15.7. The molecule has 0 aliphatic heterocycles. The summed E-state index contributed by atoms with van der Waals surface area (Å²) in [6, 6.07) is 0. The molecule has 4 N–H and O–H groups in total. The van der Waals surface area contributed by atoms with Gasteiger partial charge in [-0.25, -0.2) is 0 Å². The molecule has 0 spiro atoms. The molecule has 0 unspecified atom stereocenters. The second kappa shape index (κ2) is 13.7. The SMILES string of the molecule is O=C(O)CN(CCN(CC(=O)O)CC(=O)O)CC(=O)O.[AlH3].[H-].[H-].[Mg+2]. The van der Waals surface area contributed by atoms with Crippen molar-refractivity contribution in [2.24, 2.45) is 0 Å². The summed E-state index contributed by atoms with van der Waals surface area (Å²) < 4.78 is 0. The van der Waals surface area contributed by atoms with Crippen LogP contribution in [0.15, 0.2) is 0 Å². The van der Waals surface area contributed by atoms with Gasteiger partial charge >= 0.3 is 46.9 Å². The van der Waals surface area contributed by atoms with E-state index in [1.807, 2.05) is 0 Å². The average molecular weight is 349 g/mol. The maximum absolute atomic E-state index is 10.6. The van der Waals surface area contributed by atoms with Crippen molar-refractivity contribution in [3.05, 3.63) is 0 Å². The first-order chi connectivity index (χ1) is 9.20. The second-order valence-electron chi connectivity index (χ2n) is 4.00. The van der Waals surface area contributed by atoms with Crippen LogP contribution >= 0.6 is 0 Å². The summed E-state index contributed by atoms with van der Waals surface area (Å²) in [5.41, 5.74) is 0. The molecule has 0 rings (SSSR count). The van der Waals surface area contributed by atoms with Crippen molar-refractivity contribution in [2.45, 2.75) is 0 Å². The van der Waals surface area contributed by atoms with Gasteiger partial charge in [-0.15, -0.1) is 0 Å². The van der Waals surface area contributed by atoms with E-state index < -0.39 is 50.1 Å². The van der Waals surface area contributed by atoms with Crippen LogP contribution in [0, 0.1) is 0 Å². The molecule has 0 bridgehead atoms. The Bertz CT molecular complexity index is 337. The predicted molar refractivity (Wildman–Crippen MR) is 81.3 cm³/mol. The van der Waals surface area contributed by atoms with E-state index in [1.165, 1.54) is 0 Å². The van der Waals surface area contributed by atoms with Crippen LogP contribution in [0.1, 0.15) is 2.85 Å². The van der Waals surface area contributed by atoms with E-state index in [9.17, 15) is 19.2 Å². The van der Waals surface area contributed by atoms with Crippen molar-refractivity contribution in [1.29, 1.82) is 0 Å². The van der Waals surface area contributed by atoms with E-state index in [-0.39, 0.29) is 56.4 Å². The Morgan fingerprint density at radius 1 is 0.636 bits per heavy atom. The van der Waals surface area contributed by atoms with E-state index in [0.29, 0.717) is 0 Å². The molecule has 0 aromatic carbocycles. The van der Waals surface area contributed by atoms with Gasteiger partial charge in [-0.05, 0) is 0 Å². The molecule has 0 fully saturated rings. The molecule has 10 nitrogen and oxygen atoms in total. The van der Waals surface area contributed by atoms with Crippen molar-refractivity contribution in [1.82, 2.24) is 9.80 Å². The van der Waals surface area contributed by atoms with Crippen molar-refractivity contribution in [3.8, 4) is 0 Å². The van der Waals surface area contributed by atoms with Crippen LogP contribution in [-0.4, -0.2) is 134 Å². The maximum atomic E-state index is 10.6. The van der Waals surface area contributed by atoms with Gasteiger partial charge in [0.05, 0.1) is 26.2 Å². The van der Waals surface area contributed by atoms with Gasteiger partial charge in [0, 0.05) is 13.1 Å². The zero-order valence-corrected chi connectivity index (χ0v) is 12.7. The Morgan fingerprint density at radius 2 is 0.818 bits per heavy atom. The van der Waals surface area contributed by atoms with Crippen LogP contribution in [0.25, 0.3) is 0 Å². The van der Waals surface area contributed by atoms with Gasteiger partial charge in [0.15, 0.2) is 17.4 Å². The molecular weight excluding hydrogens is 327 g/mol. The molecule has 0 aromatic heterocycles. The van der Waals surface area contributed by atoms with Gasteiger partial charge < -0.3 is 23.3 Å². The molecule has 0 saturated carbocycles. The second-order valence-corrected chi connectivity index (χ2v) is 4.00. The summed E-state index contributed by atoms with van der Waals surface area (Å²) in [4.78, 5) is 44.4. The maximum Gasteiger partial charge on any atom is 2.00 e. The normalized spacial score (nSPS) is 9.73. The molecule has 0 aromatic rings. The fourth-order valence-corrected chi connectivity index (χ4v) is 1.48. The largest absolute Gasteiger partial charge is 2.00 e. The monoisotopic (exact) mass is 348 g/mol. The molecule has 0 atom stereocenters. The van der Waals surface area contributed by atoms with E-state index in [4.69, 9.17) is 20.4 Å². The molecule has 0 aliphatic rings. The van der Waals surface area contributed by atoms with Gasteiger partial charge in [0.25, 0.3) is 0 Å². The smallest absolute Gasteiger partial charge is 1.00 e. The predicted octanol–water partition coefficient (Wildman–Crippen LogP) is -3.41. The van der Waals surface area contributed by atoms with E-state index in [2.05, 4.69) is 0 Å². The summed E-state index contributed by atoms with van der Waals surface area (Å²) >= 11 is 0. The number of carbonyl (C=O) groups is 4. The standard InChI is InChI=1S/C10H16N2O8.Al.Mg.5H/c13-7(14)3-11(4-8(15)16)1-2-12(5-9(17)18)6-10(19)20;;;;;;;/h1-6H2,(H,13,14)(H,15,16)(H,17,18)(H,19,20);;;;;;;/q;;+2;;;;2*-1. The van der Waals surface area contributed by atoms with Crippen LogP contribution in [-0.2, 0) is 19.2 Å². The van der Waals surface area contributed by atoms with Crippen LogP contribution < -0.4 is 0 Å². The summed E-state index contributed by atoms with van der Waals surface area (Å²) in [6.07, 6.45) is 0. The molecule has 12 heteroatoms. The quantitative estimate of drug-likeness (QED) is 0.277. The summed E-state index contributed by atoms with van der Waals surface area (Å²) in [5.74, 6) is -4.91. The Labute approximate surface area is 155 Å². The van der Waals surface area contributed by atoms with Crippen LogP contribution in [0.5, 0.6) is 0 Å². The third-order valence-electron chi connectivity index (χ3n) is 2.17. The Morgan fingerprint density at radius 3 is 0.955 bits per heavy atom. The fourth-order valence-electron chi connectivity index (χ4n) is 1.48. The topological polar surface area (TPSA) is 156 Å². The number of carboxylic acid groups (broad SMARTS) is 4. The molecule has 0 radical (unpaired) electrons. The zero-order valence-electron chi connectivity index (χ0n) is 13.3. The Balaban J connectivity index is -0.000000301. The first kappa shape index (κ1) is 26.0. The molecule has 0 heterocycles. The summed E-state index contributed by atoms with van der Waals surface area (Å²) in [6.45, 7) is -2.25. The summed E-state index contributed by atoms with van der Waals surface area (Å²) in [7, 11) is 0. The minimum absolute atomic E-state index is 0. The van der Waals surface area contributed by atoms with Crippen molar-refractivity contribution in [3.63, 3.8) is 0 Å². The molecule has 124 valence electrons. The fraction of sp³-hybridized carbons (Fsp3) is 0.600. The van der Waals surface area contributed by atoms with Crippen LogP contribution in [0.3, 0.4) is 0 Å². The van der Waals surface area contributed by atoms with Gasteiger partial charge in [-0.2, -0.15) is 0 Å². The average Bonchev–Trinajstić information content (AvgIpc) is 2.22. The molecular formula is C10H21AlMgN2O8. The number of rotatable bonds is 11. The van der Waals surface area contributed by atoms with Gasteiger partial charge in [0.1, 0.15) is 0 Å². The number of carboxylic acids is 4. The first-order valence-corrected chi connectivity index (χ1v) is 5.52. The molecule has 0 amide bonds. The Hall–Kier alpha value is -0.901. The van der Waals surface area contributed by atoms with E-state index >= 15 is 0 Å². The molecule has 22 heavy (non-hydrogen) atoms. The van der Waals surface area contributed by atoms with Crippen molar-refractivity contribution in [2.75, 3.05) is 39.3 Å². The number of nitrogens with zero attached hydrogens (tertiary/aromatic N) is 2. The first-order valence-electron chi connectivity index (χ1n) is 5.52. The number of aliphatic carboxylic acids is 4. The van der Waals surface area contributed by atoms with Crippen molar-refractivity contribution >= 4 is 64.3 Å². The number of hydrogen-bond donors (Lipinski definition) is 4.